The Morgan fingerprint density at radius 3 is 2.88 bits per heavy atom. The Balaban J connectivity index is 1.37. The van der Waals surface area contributed by atoms with Crippen LogP contribution in [0.5, 0.6) is 0 Å². The van der Waals surface area contributed by atoms with Gasteiger partial charge < -0.3 is 9.64 Å². The zero-order valence-corrected chi connectivity index (χ0v) is 18.9. The summed E-state index contributed by atoms with van der Waals surface area (Å²) in [5, 5.41) is 8.28. The summed E-state index contributed by atoms with van der Waals surface area (Å²) in [6.07, 6.45) is 7.28. The second-order valence-corrected chi connectivity index (χ2v) is 9.40. The standard InChI is InChI=1S/C24H22ClFN6O/c1-15-13-24(14-33-15)7-10-31(11-8-24)23-28-21-20(22-27-9-12-32(22)23)19(29-30-21)6-5-16-17(25)3-2-4-18(16)26/h2-4,9,12,15H,7-8,10-11,13-14H2,1H3,(H,29,30)/t15-/m0/s1. The highest BCUT2D eigenvalue weighted by Gasteiger charge is 2.41. The topological polar surface area (TPSA) is 71.3 Å². The summed E-state index contributed by atoms with van der Waals surface area (Å²) in [5.41, 5.74) is 2.20. The first-order chi connectivity index (χ1) is 16.0. The van der Waals surface area contributed by atoms with Crippen LogP contribution in [-0.4, -0.2) is 50.4 Å². The maximum absolute atomic E-state index is 14.1. The molecule has 1 aromatic carbocycles. The number of piperidine rings is 1. The Bertz CT molecular complexity index is 1410. The molecule has 7 nitrogen and oxygen atoms in total. The maximum atomic E-state index is 14.1. The minimum Gasteiger partial charge on any atom is -0.378 e. The van der Waals surface area contributed by atoms with Gasteiger partial charge in [0, 0.05) is 25.5 Å². The molecule has 2 aliphatic rings. The van der Waals surface area contributed by atoms with Crippen LogP contribution in [-0.2, 0) is 4.74 Å². The minimum absolute atomic E-state index is 0.145. The van der Waals surface area contributed by atoms with Gasteiger partial charge in [0.15, 0.2) is 11.3 Å². The highest BCUT2D eigenvalue weighted by atomic mass is 35.5. The van der Waals surface area contributed by atoms with Crippen molar-refractivity contribution in [2.45, 2.75) is 32.3 Å². The molecular formula is C24H22ClFN6O. The number of anilines is 1. The molecule has 0 radical (unpaired) electrons. The summed E-state index contributed by atoms with van der Waals surface area (Å²) in [5.74, 6) is 6.13. The fourth-order valence-corrected chi connectivity index (χ4v) is 5.27. The van der Waals surface area contributed by atoms with Gasteiger partial charge in [0.25, 0.3) is 0 Å². The van der Waals surface area contributed by atoms with E-state index >= 15 is 0 Å². The zero-order chi connectivity index (χ0) is 22.6. The number of ether oxygens (including phenoxy) is 1. The van der Waals surface area contributed by atoms with E-state index in [1.54, 1.807) is 18.3 Å². The molecule has 0 aliphatic carbocycles. The van der Waals surface area contributed by atoms with Crippen molar-refractivity contribution in [2.24, 2.45) is 5.41 Å². The van der Waals surface area contributed by atoms with Crippen LogP contribution in [0, 0.1) is 23.1 Å². The summed E-state index contributed by atoms with van der Waals surface area (Å²) in [6.45, 7) is 4.83. The van der Waals surface area contributed by atoms with Gasteiger partial charge in [-0.2, -0.15) is 10.1 Å². The first kappa shape index (κ1) is 20.5. The number of halogens is 2. The number of aromatic amines is 1. The van der Waals surface area contributed by atoms with Crippen molar-refractivity contribution in [2.75, 3.05) is 24.6 Å². The van der Waals surface area contributed by atoms with E-state index in [2.05, 4.69) is 38.8 Å². The molecule has 0 amide bonds. The molecule has 1 atom stereocenters. The van der Waals surface area contributed by atoms with E-state index in [-0.39, 0.29) is 10.6 Å². The molecule has 1 N–H and O–H groups in total. The first-order valence-electron chi connectivity index (χ1n) is 11.1. The van der Waals surface area contributed by atoms with E-state index < -0.39 is 5.82 Å². The van der Waals surface area contributed by atoms with Crippen LogP contribution in [0.4, 0.5) is 10.3 Å². The van der Waals surface area contributed by atoms with E-state index in [1.165, 1.54) is 6.07 Å². The van der Waals surface area contributed by atoms with Gasteiger partial charge in [0.1, 0.15) is 11.5 Å². The normalized spacial score (nSPS) is 20.0. The molecule has 1 spiro atoms. The molecule has 0 unspecified atom stereocenters. The zero-order valence-electron chi connectivity index (χ0n) is 18.1. The summed E-state index contributed by atoms with van der Waals surface area (Å²) < 4.78 is 22.0. The van der Waals surface area contributed by atoms with Crippen molar-refractivity contribution in [3.63, 3.8) is 0 Å². The van der Waals surface area contributed by atoms with Gasteiger partial charge in [0.05, 0.1) is 28.7 Å². The van der Waals surface area contributed by atoms with Crippen LogP contribution in [0.1, 0.15) is 37.4 Å². The maximum Gasteiger partial charge on any atom is 0.213 e. The van der Waals surface area contributed by atoms with Crippen LogP contribution in [0.15, 0.2) is 30.6 Å². The summed E-state index contributed by atoms with van der Waals surface area (Å²) in [6, 6.07) is 4.49. The average Bonchev–Trinajstić information content (AvgIpc) is 3.52. The molecule has 4 aromatic rings. The fourth-order valence-electron chi connectivity index (χ4n) is 5.06. The van der Waals surface area contributed by atoms with Crippen molar-refractivity contribution < 1.29 is 9.13 Å². The number of nitrogens with zero attached hydrogens (tertiary/aromatic N) is 5. The molecule has 5 heterocycles. The lowest BCUT2D eigenvalue weighted by Crippen LogP contribution is -2.41. The van der Waals surface area contributed by atoms with E-state index in [1.807, 2.05) is 10.6 Å². The highest BCUT2D eigenvalue weighted by Crippen LogP contribution is 2.42. The number of H-pyrrole nitrogens is 1. The van der Waals surface area contributed by atoms with Gasteiger partial charge >= 0.3 is 0 Å². The molecule has 0 saturated carbocycles. The third-order valence-electron chi connectivity index (χ3n) is 6.81. The lowest BCUT2D eigenvalue weighted by Gasteiger charge is -2.39. The molecule has 33 heavy (non-hydrogen) atoms. The van der Waals surface area contributed by atoms with Gasteiger partial charge in [-0.15, -0.1) is 0 Å². The number of nitrogens with one attached hydrogen (secondary N) is 1. The molecule has 3 aromatic heterocycles. The van der Waals surface area contributed by atoms with Crippen LogP contribution < -0.4 is 4.90 Å². The van der Waals surface area contributed by atoms with E-state index in [4.69, 9.17) is 21.3 Å². The monoisotopic (exact) mass is 464 g/mol. The van der Waals surface area contributed by atoms with Gasteiger partial charge in [-0.3, -0.25) is 9.50 Å². The molecule has 6 rings (SSSR count). The molecule has 0 bridgehead atoms. The van der Waals surface area contributed by atoms with Gasteiger partial charge in [-0.25, -0.2) is 9.37 Å². The van der Waals surface area contributed by atoms with Crippen molar-refractivity contribution in [1.29, 1.82) is 0 Å². The highest BCUT2D eigenvalue weighted by molar-refractivity contribution is 6.31. The predicted octanol–water partition coefficient (Wildman–Crippen LogP) is 4.19. The second-order valence-electron chi connectivity index (χ2n) is 8.99. The first-order valence-corrected chi connectivity index (χ1v) is 11.4. The SMILES string of the molecule is C[C@H]1CC2(CCN(c3nc4[nH]nc(C#Cc5c(F)cccc5Cl)c4c4nccn34)CC2)CO1. The molecule has 2 aliphatic heterocycles. The van der Waals surface area contributed by atoms with E-state index in [9.17, 15) is 4.39 Å². The van der Waals surface area contributed by atoms with Crippen molar-refractivity contribution >= 4 is 34.2 Å². The van der Waals surface area contributed by atoms with Crippen molar-refractivity contribution in [3.05, 3.63) is 52.7 Å². The quantitative estimate of drug-likeness (QED) is 0.428. The van der Waals surface area contributed by atoms with Crippen LogP contribution in [0.25, 0.3) is 16.7 Å². The number of fused-ring (bicyclic) bond motifs is 3. The fraction of sp³-hybridized carbons (Fsp3) is 0.375. The van der Waals surface area contributed by atoms with E-state index in [0.29, 0.717) is 33.9 Å². The molecular weight excluding hydrogens is 443 g/mol. The third-order valence-corrected chi connectivity index (χ3v) is 7.12. The Morgan fingerprint density at radius 2 is 2.12 bits per heavy atom. The average molecular weight is 465 g/mol. The summed E-state index contributed by atoms with van der Waals surface area (Å²) in [7, 11) is 0. The Labute approximate surface area is 194 Å². The lowest BCUT2D eigenvalue weighted by molar-refractivity contribution is 0.0975. The molecule has 2 fully saturated rings. The van der Waals surface area contributed by atoms with Crippen molar-refractivity contribution in [3.8, 4) is 11.8 Å². The number of aromatic nitrogens is 5. The molecule has 2 saturated heterocycles. The van der Waals surface area contributed by atoms with Gasteiger partial charge in [0.2, 0.25) is 5.95 Å². The molecule has 168 valence electrons. The van der Waals surface area contributed by atoms with Crippen LogP contribution in [0.3, 0.4) is 0 Å². The molecule has 9 heteroatoms. The Hall–Kier alpha value is -3.15. The van der Waals surface area contributed by atoms with Crippen LogP contribution in [0.2, 0.25) is 5.02 Å². The lowest BCUT2D eigenvalue weighted by atomic mass is 9.77. The van der Waals surface area contributed by atoms with Crippen LogP contribution >= 0.6 is 11.6 Å². The second kappa shape index (κ2) is 7.72. The smallest absolute Gasteiger partial charge is 0.213 e. The number of hydrogen-bond acceptors (Lipinski definition) is 5. The minimum atomic E-state index is -0.467. The Kier molecular flexibility index (Phi) is 4.78. The van der Waals surface area contributed by atoms with E-state index in [0.717, 1.165) is 44.9 Å². The summed E-state index contributed by atoms with van der Waals surface area (Å²) in [4.78, 5) is 11.7. The predicted molar refractivity (Wildman–Crippen MR) is 124 cm³/mol. The number of rotatable bonds is 1. The van der Waals surface area contributed by atoms with Gasteiger partial charge in [-0.05, 0) is 49.7 Å². The summed E-state index contributed by atoms with van der Waals surface area (Å²) >= 11 is 6.11. The number of imidazole rings is 1. The largest absolute Gasteiger partial charge is 0.378 e. The van der Waals surface area contributed by atoms with Crippen molar-refractivity contribution in [1.82, 2.24) is 24.6 Å². The number of hydrogen-bond donors (Lipinski definition) is 1. The Morgan fingerprint density at radius 1 is 1.27 bits per heavy atom. The number of benzene rings is 1. The third kappa shape index (κ3) is 3.43. The van der Waals surface area contributed by atoms with Gasteiger partial charge in [-0.1, -0.05) is 23.6 Å².